The highest BCUT2D eigenvalue weighted by Crippen LogP contribution is 2.31. The molecule has 0 saturated carbocycles. The van der Waals surface area contributed by atoms with E-state index in [2.05, 4.69) is 51.7 Å². The van der Waals surface area contributed by atoms with Crippen LogP contribution in [0.25, 0.3) is 10.9 Å². The van der Waals surface area contributed by atoms with Crippen LogP contribution >= 0.6 is 27.5 Å². The maximum atomic E-state index is 14.4. The molecule has 1 aliphatic rings. The highest BCUT2D eigenvalue weighted by atomic mass is 79.9. The third-order valence-corrected chi connectivity index (χ3v) is 7.79. The lowest BCUT2D eigenvalue weighted by molar-refractivity contribution is -0.112. The molecule has 5 rings (SSSR count). The van der Waals surface area contributed by atoms with E-state index >= 15 is 0 Å². The summed E-state index contributed by atoms with van der Waals surface area (Å²) in [6, 6.07) is 14.7. The van der Waals surface area contributed by atoms with Crippen LogP contribution in [0.15, 0.2) is 77.7 Å². The Morgan fingerprint density at radius 1 is 1.02 bits per heavy atom. The van der Waals surface area contributed by atoms with Crippen molar-refractivity contribution in [3.63, 3.8) is 0 Å². The number of halogens is 4. The van der Waals surface area contributed by atoms with Gasteiger partial charge in [-0.2, -0.15) is 0 Å². The van der Waals surface area contributed by atoms with Gasteiger partial charge in [0, 0.05) is 46.8 Å². The number of ether oxygens (including phenoxy) is 1. The summed E-state index contributed by atoms with van der Waals surface area (Å²) in [5.41, 5.74) is 2.82. The number of unbranched alkanes of at least 4 members (excludes halogenated alkanes) is 1. The van der Waals surface area contributed by atoms with E-state index < -0.39 is 11.8 Å². The Labute approximate surface area is 267 Å². The quantitative estimate of drug-likeness (QED) is 0.104. The number of amides is 1. The van der Waals surface area contributed by atoms with E-state index in [0.717, 1.165) is 41.6 Å². The number of nitrogens with one attached hydrogen (secondary N) is 3. The number of morpholine rings is 1. The van der Waals surface area contributed by atoms with E-state index in [1.807, 2.05) is 36.4 Å². The number of benzene rings is 2. The van der Waals surface area contributed by atoms with Gasteiger partial charge in [-0.1, -0.05) is 27.5 Å². The molecule has 0 bridgehead atoms. The monoisotopic (exact) mass is 685 g/mol. The summed E-state index contributed by atoms with van der Waals surface area (Å²) in [6.07, 6.45) is 5.05. The van der Waals surface area contributed by atoms with Crippen LogP contribution in [0, 0.1) is 0 Å². The van der Waals surface area contributed by atoms with E-state index in [0.29, 0.717) is 59.6 Å². The summed E-state index contributed by atoms with van der Waals surface area (Å²) in [7, 11) is 0. The highest BCUT2D eigenvalue weighted by Gasteiger charge is 2.25. The minimum atomic E-state index is -3.09. The van der Waals surface area contributed by atoms with Crippen molar-refractivity contribution in [2.45, 2.75) is 25.2 Å². The number of aromatic nitrogens is 3. The summed E-state index contributed by atoms with van der Waals surface area (Å²) < 4.78 is 35.0. The van der Waals surface area contributed by atoms with Gasteiger partial charge in [-0.05, 0) is 74.0 Å². The number of hydrogen-bond donors (Lipinski definition) is 3. The molecule has 230 valence electrons. The molecule has 3 N–H and O–H groups in total. The smallest absolute Gasteiger partial charge is 0.266 e. The molecule has 0 radical (unpaired) electrons. The van der Waals surface area contributed by atoms with Crippen LogP contribution in [-0.4, -0.2) is 64.5 Å². The van der Waals surface area contributed by atoms with Crippen molar-refractivity contribution in [2.75, 3.05) is 48.8 Å². The molecule has 1 fully saturated rings. The van der Waals surface area contributed by atoms with E-state index in [1.165, 1.54) is 12.5 Å². The Bertz CT molecular complexity index is 1620. The van der Waals surface area contributed by atoms with Crippen LogP contribution in [0.4, 0.5) is 37.5 Å². The number of nitrogens with zero attached hydrogens (tertiary/aromatic N) is 4. The first-order valence-corrected chi connectivity index (χ1v) is 15.3. The van der Waals surface area contributed by atoms with Crippen molar-refractivity contribution < 1.29 is 18.3 Å². The van der Waals surface area contributed by atoms with Crippen molar-refractivity contribution in [3.05, 3.63) is 82.7 Å². The molecule has 0 aliphatic carbocycles. The predicted molar refractivity (Wildman–Crippen MR) is 173 cm³/mol. The summed E-state index contributed by atoms with van der Waals surface area (Å²) in [5.74, 6) is -3.17. The standard InChI is InChI=1S/C31H31BrClF2N7O2/c32-21-3-5-22(6-4-21)39-26-8-7-23(17-25(26)33)40-30-24-18-28(36-19-27(24)37-20-38-30)41-29(43)9-11-31(34,35)10-1-2-12-42-13-15-44-16-14-42/h3-9,11,17-20,39H,1-2,10,12-16H2,(H,36,41,43)(H,37,38,40). The molecule has 1 aliphatic heterocycles. The Morgan fingerprint density at radius 3 is 2.57 bits per heavy atom. The highest BCUT2D eigenvalue weighted by molar-refractivity contribution is 9.10. The first-order valence-electron chi connectivity index (χ1n) is 14.1. The number of allylic oxidation sites excluding steroid dienone is 1. The number of pyridine rings is 1. The van der Waals surface area contributed by atoms with Gasteiger partial charge in [0.05, 0.1) is 35.6 Å². The van der Waals surface area contributed by atoms with E-state index in [1.54, 1.807) is 12.1 Å². The molecule has 0 spiro atoms. The van der Waals surface area contributed by atoms with Crippen LogP contribution in [0.2, 0.25) is 5.02 Å². The van der Waals surface area contributed by atoms with Gasteiger partial charge in [-0.3, -0.25) is 9.69 Å². The predicted octanol–water partition coefficient (Wildman–Crippen LogP) is 7.56. The molecule has 2 aromatic heterocycles. The van der Waals surface area contributed by atoms with Crippen LogP contribution in [0.5, 0.6) is 0 Å². The van der Waals surface area contributed by atoms with Gasteiger partial charge in [0.25, 0.3) is 5.92 Å². The van der Waals surface area contributed by atoms with Crippen molar-refractivity contribution in [3.8, 4) is 0 Å². The Balaban J connectivity index is 1.19. The second-order valence-electron chi connectivity index (χ2n) is 10.3. The molecule has 9 nitrogen and oxygen atoms in total. The van der Waals surface area contributed by atoms with Gasteiger partial charge >= 0.3 is 0 Å². The molecule has 0 unspecified atom stereocenters. The van der Waals surface area contributed by atoms with Gasteiger partial charge in [-0.25, -0.2) is 23.7 Å². The third kappa shape index (κ3) is 9.15. The SMILES string of the molecule is O=C(C=CC(F)(F)CCCCN1CCOCC1)Nc1cc2c(Nc3ccc(Nc4ccc(Br)cc4)c(Cl)c3)ncnc2cn1. The Kier molecular flexibility index (Phi) is 10.7. The van der Waals surface area contributed by atoms with E-state index in [-0.39, 0.29) is 12.2 Å². The normalized spacial score (nSPS) is 14.2. The fraction of sp³-hybridized carbons (Fsp3) is 0.290. The van der Waals surface area contributed by atoms with Gasteiger partial charge in [0.1, 0.15) is 18.0 Å². The van der Waals surface area contributed by atoms with Crippen LogP contribution in [0.1, 0.15) is 19.3 Å². The van der Waals surface area contributed by atoms with Crippen molar-refractivity contribution in [1.82, 2.24) is 19.9 Å². The minimum Gasteiger partial charge on any atom is -0.379 e. The average Bonchev–Trinajstić information content (AvgIpc) is 3.02. The van der Waals surface area contributed by atoms with Crippen LogP contribution in [-0.2, 0) is 9.53 Å². The summed E-state index contributed by atoms with van der Waals surface area (Å²) in [5, 5.41) is 10.1. The number of anilines is 5. The van der Waals surface area contributed by atoms with Crippen molar-refractivity contribution >= 4 is 73.0 Å². The molecule has 13 heteroatoms. The topological polar surface area (TPSA) is 104 Å². The molecule has 4 aromatic rings. The number of carbonyl (C=O) groups excluding carboxylic acids is 1. The van der Waals surface area contributed by atoms with Crippen LogP contribution in [0.3, 0.4) is 0 Å². The number of alkyl halides is 2. The van der Waals surface area contributed by atoms with E-state index in [4.69, 9.17) is 16.3 Å². The second-order valence-corrected chi connectivity index (χ2v) is 11.6. The molecular formula is C31H31BrClF2N7O2. The molecule has 0 atom stereocenters. The van der Waals surface area contributed by atoms with Gasteiger partial charge in [-0.15, -0.1) is 0 Å². The fourth-order valence-electron chi connectivity index (χ4n) is 4.62. The molecular weight excluding hydrogens is 656 g/mol. The largest absolute Gasteiger partial charge is 0.379 e. The summed E-state index contributed by atoms with van der Waals surface area (Å²) in [6.45, 7) is 3.78. The summed E-state index contributed by atoms with van der Waals surface area (Å²) >= 11 is 9.96. The zero-order chi connectivity index (χ0) is 30.9. The first kappa shape index (κ1) is 31.7. The Morgan fingerprint density at radius 2 is 1.80 bits per heavy atom. The lowest BCUT2D eigenvalue weighted by Gasteiger charge is -2.26. The molecule has 2 aromatic carbocycles. The van der Waals surface area contributed by atoms with Crippen molar-refractivity contribution in [2.24, 2.45) is 0 Å². The Hall–Kier alpha value is -3.71. The minimum absolute atomic E-state index is 0.172. The summed E-state index contributed by atoms with van der Waals surface area (Å²) in [4.78, 5) is 27.4. The number of rotatable bonds is 12. The average molecular weight is 687 g/mol. The molecule has 44 heavy (non-hydrogen) atoms. The molecule has 1 saturated heterocycles. The van der Waals surface area contributed by atoms with Crippen LogP contribution < -0.4 is 16.0 Å². The van der Waals surface area contributed by atoms with Gasteiger partial charge in [0.15, 0.2) is 0 Å². The lowest BCUT2D eigenvalue weighted by Crippen LogP contribution is -2.36. The second kappa shape index (κ2) is 14.8. The molecule has 3 heterocycles. The number of carbonyl (C=O) groups is 1. The number of hydrogen-bond acceptors (Lipinski definition) is 8. The third-order valence-electron chi connectivity index (χ3n) is 6.94. The zero-order valence-electron chi connectivity index (χ0n) is 23.7. The lowest BCUT2D eigenvalue weighted by atomic mass is 10.1. The van der Waals surface area contributed by atoms with Gasteiger partial charge < -0.3 is 20.7 Å². The number of fused-ring (bicyclic) bond motifs is 1. The van der Waals surface area contributed by atoms with E-state index in [9.17, 15) is 13.6 Å². The maximum absolute atomic E-state index is 14.4. The first-order chi connectivity index (χ1) is 21.2. The fourth-order valence-corrected chi connectivity index (χ4v) is 5.11. The van der Waals surface area contributed by atoms with Crippen molar-refractivity contribution in [1.29, 1.82) is 0 Å². The van der Waals surface area contributed by atoms with Gasteiger partial charge in [0.2, 0.25) is 5.91 Å². The molecule has 1 amide bonds. The zero-order valence-corrected chi connectivity index (χ0v) is 26.0. The maximum Gasteiger partial charge on any atom is 0.266 e.